The van der Waals surface area contributed by atoms with Crippen LogP contribution in [0, 0.1) is 0 Å². The van der Waals surface area contributed by atoms with E-state index in [0.717, 1.165) is 6.26 Å². The summed E-state index contributed by atoms with van der Waals surface area (Å²) < 4.78 is 4.80. The van der Waals surface area contributed by atoms with Gasteiger partial charge in [0, 0.05) is 12.6 Å². The maximum absolute atomic E-state index is 11.3. The highest BCUT2D eigenvalue weighted by atomic mass is 16.4. The zero-order valence-corrected chi connectivity index (χ0v) is 8.03. The van der Waals surface area contributed by atoms with E-state index in [1.54, 1.807) is 6.08 Å². The van der Waals surface area contributed by atoms with Crippen LogP contribution in [-0.4, -0.2) is 23.5 Å². The van der Waals surface area contributed by atoms with Crippen LogP contribution in [0.15, 0.2) is 29.4 Å². The summed E-state index contributed by atoms with van der Waals surface area (Å²) >= 11 is 0. The molecule has 0 saturated heterocycles. The molecule has 0 saturated carbocycles. The topological polar surface area (TPSA) is 79.5 Å². The van der Waals surface area contributed by atoms with E-state index in [2.05, 4.69) is 11.9 Å². The summed E-state index contributed by atoms with van der Waals surface area (Å²) in [6, 6.07) is 1.19. The van der Waals surface area contributed by atoms with Crippen LogP contribution >= 0.6 is 0 Å². The minimum absolute atomic E-state index is 0.00328. The number of carbonyl (C=O) groups is 2. The number of carboxylic acid groups (broad SMARTS) is 1. The van der Waals surface area contributed by atoms with Gasteiger partial charge in [0.05, 0.1) is 5.56 Å². The molecular weight excluding hydrogens is 198 g/mol. The molecule has 0 aliphatic rings. The smallest absolute Gasteiger partial charge is 0.338 e. The van der Waals surface area contributed by atoms with Crippen molar-refractivity contribution in [3.8, 4) is 0 Å². The van der Waals surface area contributed by atoms with Crippen LogP contribution in [0.4, 0.5) is 0 Å². The zero-order chi connectivity index (χ0) is 11.3. The highest BCUT2D eigenvalue weighted by Crippen LogP contribution is 2.07. The molecule has 5 heteroatoms. The number of hydrogen-bond donors (Lipinski definition) is 2. The molecule has 0 atom stereocenters. The van der Waals surface area contributed by atoms with Crippen LogP contribution in [0.1, 0.15) is 27.3 Å². The van der Waals surface area contributed by atoms with Gasteiger partial charge in [-0.1, -0.05) is 6.08 Å². The van der Waals surface area contributed by atoms with Crippen molar-refractivity contribution in [2.75, 3.05) is 6.54 Å². The molecule has 0 aliphatic carbocycles. The van der Waals surface area contributed by atoms with E-state index in [9.17, 15) is 9.59 Å². The Hall–Kier alpha value is -2.04. The molecule has 0 aromatic carbocycles. The van der Waals surface area contributed by atoms with Crippen molar-refractivity contribution >= 4 is 11.9 Å². The normalized spacial score (nSPS) is 9.60. The molecule has 1 heterocycles. The second-order valence-corrected chi connectivity index (χ2v) is 2.84. The van der Waals surface area contributed by atoms with Gasteiger partial charge in [-0.2, -0.15) is 0 Å². The Labute approximate surface area is 86.4 Å². The first-order valence-corrected chi connectivity index (χ1v) is 4.36. The predicted octanol–water partition coefficient (Wildman–Crippen LogP) is 1.28. The molecule has 1 rings (SSSR count). The fourth-order valence-electron chi connectivity index (χ4n) is 0.942. The van der Waals surface area contributed by atoms with Crippen molar-refractivity contribution in [3.63, 3.8) is 0 Å². The van der Waals surface area contributed by atoms with Gasteiger partial charge in [0.15, 0.2) is 5.76 Å². The van der Waals surface area contributed by atoms with Gasteiger partial charge in [-0.3, -0.25) is 4.79 Å². The summed E-state index contributed by atoms with van der Waals surface area (Å²) in [4.78, 5) is 21.8. The largest absolute Gasteiger partial charge is 0.478 e. The molecule has 0 spiro atoms. The second-order valence-electron chi connectivity index (χ2n) is 2.84. The molecule has 1 aromatic heterocycles. The van der Waals surface area contributed by atoms with Crippen molar-refractivity contribution in [2.24, 2.45) is 0 Å². The quantitative estimate of drug-likeness (QED) is 0.565. The summed E-state index contributed by atoms with van der Waals surface area (Å²) in [6.07, 6.45) is 3.36. The second kappa shape index (κ2) is 4.99. The lowest BCUT2D eigenvalue weighted by Crippen LogP contribution is -2.23. The third kappa shape index (κ3) is 2.98. The van der Waals surface area contributed by atoms with Gasteiger partial charge < -0.3 is 14.8 Å². The number of hydrogen-bond acceptors (Lipinski definition) is 3. The van der Waals surface area contributed by atoms with E-state index in [4.69, 9.17) is 9.52 Å². The molecule has 0 fully saturated rings. The van der Waals surface area contributed by atoms with Crippen molar-refractivity contribution in [3.05, 3.63) is 36.3 Å². The zero-order valence-electron chi connectivity index (χ0n) is 8.03. The molecular formula is C10H11NO4. The molecule has 15 heavy (non-hydrogen) atoms. The van der Waals surface area contributed by atoms with E-state index < -0.39 is 11.9 Å². The number of carboxylic acids is 1. The molecule has 5 nitrogen and oxygen atoms in total. The van der Waals surface area contributed by atoms with Crippen LogP contribution in [0.25, 0.3) is 0 Å². The number of nitrogens with one attached hydrogen (secondary N) is 1. The summed E-state index contributed by atoms with van der Waals surface area (Å²) in [5.74, 6) is -1.55. The van der Waals surface area contributed by atoms with Crippen LogP contribution in [0.2, 0.25) is 0 Å². The summed E-state index contributed by atoms with van der Waals surface area (Å²) in [7, 11) is 0. The standard InChI is InChI=1S/C10H11NO4/c1-2-3-4-11-9(12)8-5-7(6-15-8)10(13)14/h2,5-6H,1,3-4H2,(H,11,12)(H,13,14). The van der Waals surface area contributed by atoms with Crippen LogP contribution in [0.3, 0.4) is 0 Å². The predicted molar refractivity (Wildman–Crippen MR) is 52.8 cm³/mol. The first kappa shape index (κ1) is 11.0. The van der Waals surface area contributed by atoms with Crippen LogP contribution in [-0.2, 0) is 0 Å². The van der Waals surface area contributed by atoms with Crippen LogP contribution in [0.5, 0.6) is 0 Å². The van der Waals surface area contributed by atoms with E-state index in [1.807, 2.05) is 0 Å². The maximum Gasteiger partial charge on any atom is 0.338 e. The number of furan rings is 1. The molecule has 0 unspecified atom stereocenters. The minimum atomic E-state index is -1.12. The first-order valence-electron chi connectivity index (χ1n) is 4.36. The van der Waals surface area contributed by atoms with E-state index in [0.29, 0.717) is 13.0 Å². The molecule has 1 aromatic rings. The van der Waals surface area contributed by atoms with Gasteiger partial charge in [-0.25, -0.2) is 4.79 Å². The van der Waals surface area contributed by atoms with Gasteiger partial charge >= 0.3 is 5.97 Å². The lowest BCUT2D eigenvalue weighted by Gasteiger charge is -1.98. The third-order valence-corrected chi connectivity index (χ3v) is 1.70. The summed E-state index contributed by atoms with van der Waals surface area (Å²) in [6.45, 7) is 3.95. The van der Waals surface area contributed by atoms with E-state index in [-0.39, 0.29) is 11.3 Å². The van der Waals surface area contributed by atoms with Gasteiger partial charge in [-0.05, 0) is 6.42 Å². The highest BCUT2D eigenvalue weighted by Gasteiger charge is 2.13. The van der Waals surface area contributed by atoms with Gasteiger partial charge in [-0.15, -0.1) is 6.58 Å². The Kier molecular flexibility index (Phi) is 3.68. The Morgan fingerprint density at radius 1 is 1.60 bits per heavy atom. The first-order chi connectivity index (χ1) is 7.15. The Morgan fingerprint density at radius 3 is 2.87 bits per heavy atom. The monoisotopic (exact) mass is 209 g/mol. The molecule has 80 valence electrons. The Morgan fingerprint density at radius 2 is 2.33 bits per heavy atom. The Balaban J connectivity index is 2.58. The number of carbonyl (C=O) groups excluding carboxylic acids is 1. The fraction of sp³-hybridized carbons (Fsp3) is 0.200. The molecule has 1 amide bonds. The maximum atomic E-state index is 11.3. The van der Waals surface area contributed by atoms with Crippen molar-refractivity contribution < 1.29 is 19.1 Å². The molecule has 0 aliphatic heterocycles. The highest BCUT2D eigenvalue weighted by molar-refractivity contribution is 5.95. The van der Waals surface area contributed by atoms with Gasteiger partial charge in [0.1, 0.15) is 6.26 Å². The number of rotatable bonds is 5. The average Bonchev–Trinajstić information content (AvgIpc) is 2.66. The average molecular weight is 209 g/mol. The fourth-order valence-corrected chi connectivity index (χ4v) is 0.942. The van der Waals surface area contributed by atoms with Crippen LogP contribution < -0.4 is 5.32 Å². The van der Waals surface area contributed by atoms with Crippen molar-refractivity contribution in [1.29, 1.82) is 0 Å². The van der Waals surface area contributed by atoms with Crippen molar-refractivity contribution in [1.82, 2.24) is 5.32 Å². The lowest BCUT2D eigenvalue weighted by atomic mass is 10.3. The van der Waals surface area contributed by atoms with Gasteiger partial charge in [0.25, 0.3) is 5.91 Å². The summed E-state index contributed by atoms with van der Waals surface area (Å²) in [5.41, 5.74) is -0.0381. The number of aromatic carboxylic acids is 1. The van der Waals surface area contributed by atoms with Gasteiger partial charge in [0.2, 0.25) is 0 Å². The Bertz CT molecular complexity index is 381. The molecule has 0 bridgehead atoms. The SMILES string of the molecule is C=CCCNC(=O)c1cc(C(=O)O)co1. The molecule has 0 radical (unpaired) electrons. The minimum Gasteiger partial charge on any atom is -0.478 e. The summed E-state index contributed by atoms with van der Waals surface area (Å²) in [5, 5.41) is 11.1. The van der Waals surface area contributed by atoms with E-state index in [1.165, 1.54) is 6.07 Å². The third-order valence-electron chi connectivity index (χ3n) is 1.70. The van der Waals surface area contributed by atoms with Crippen molar-refractivity contribution in [2.45, 2.75) is 6.42 Å². The lowest BCUT2D eigenvalue weighted by molar-refractivity contribution is 0.0696. The molecule has 2 N–H and O–H groups in total. The van der Waals surface area contributed by atoms with E-state index >= 15 is 0 Å². The number of amides is 1.